The number of hydrogen-bond donors (Lipinski definition) is 2. The highest BCUT2D eigenvalue weighted by Gasteiger charge is 2.30. The zero-order valence-electron chi connectivity index (χ0n) is 14.6. The van der Waals surface area contributed by atoms with Gasteiger partial charge in [-0.05, 0) is 56.1 Å². The van der Waals surface area contributed by atoms with E-state index >= 15 is 0 Å². The Morgan fingerprint density at radius 2 is 2.19 bits per heavy atom. The first-order valence-electron chi connectivity index (χ1n) is 8.85. The number of nitrogens with one attached hydrogen (secondary N) is 2. The van der Waals surface area contributed by atoms with Crippen molar-refractivity contribution in [2.45, 2.75) is 25.8 Å². The molecule has 1 fully saturated rings. The molecule has 0 spiro atoms. The maximum absolute atomic E-state index is 12.5. The number of nitrogens with zero attached hydrogens (tertiary/aromatic N) is 2. The van der Waals surface area contributed by atoms with Gasteiger partial charge in [0.2, 0.25) is 5.91 Å². The number of likely N-dealkylation sites (tertiary alicyclic amines) is 1. The van der Waals surface area contributed by atoms with Crippen LogP contribution in [-0.4, -0.2) is 33.9 Å². The Morgan fingerprint density at radius 1 is 1.35 bits per heavy atom. The van der Waals surface area contributed by atoms with Crippen molar-refractivity contribution in [2.24, 2.45) is 0 Å². The van der Waals surface area contributed by atoms with Crippen LogP contribution in [0.4, 0.5) is 5.69 Å². The van der Waals surface area contributed by atoms with Crippen LogP contribution in [0.5, 0.6) is 0 Å². The van der Waals surface area contributed by atoms with Crippen LogP contribution < -0.4 is 5.32 Å². The molecule has 0 saturated carbocycles. The summed E-state index contributed by atoms with van der Waals surface area (Å²) in [6.45, 7) is 3.24. The lowest BCUT2D eigenvalue weighted by molar-refractivity contribution is -0.117. The molecule has 6 heteroatoms. The first kappa shape index (κ1) is 17.1. The molecule has 0 radical (unpaired) electrons. The lowest BCUT2D eigenvalue weighted by Gasteiger charge is -2.22. The molecular formula is C20H21ClN4O. The number of carbonyl (C=O) groups excluding carboxylic acids is 1. The summed E-state index contributed by atoms with van der Waals surface area (Å²) in [4.78, 5) is 22.8. The third kappa shape index (κ3) is 3.45. The molecule has 1 aliphatic heterocycles. The predicted molar refractivity (Wildman–Crippen MR) is 104 cm³/mol. The summed E-state index contributed by atoms with van der Waals surface area (Å²) in [5.41, 5.74) is 3.77. The van der Waals surface area contributed by atoms with E-state index in [-0.39, 0.29) is 11.9 Å². The van der Waals surface area contributed by atoms with E-state index in [0.29, 0.717) is 11.6 Å². The molecule has 26 heavy (non-hydrogen) atoms. The molecule has 134 valence electrons. The van der Waals surface area contributed by atoms with Crippen LogP contribution in [0.25, 0.3) is 11.0 Å². The second kappa shape index (κ2) is 7.09. The fraction of sp³-hybridized carbons (Fsp3) is 0.300. The Balaban J connectivity index is 1.49. The van der Waals surface area contributed by atoms with Crippen molar-refractivity contribution in [2.75, 3.05) is 18.4 Å². The van der Waals surface area contributed by atoms with Crippen molar-refractivity contribution in [1.29, 1.82) is 0 Å². The Bertz CT molecular complexity index is 952. The quantitative estimate of drug-likeness (QED) is 0.721. The summed E-state index contributed by atoms with van der Waals surface area (Å²) in [6.07, 6.45) is 2.05. The summed E-state index contributed by atoms with van der Waals surface area (Å²) in [7, 11) is 0. The molecule has 4 rings (SSSR count). The van der Waals surface area contributed by atoms with Crippen molar-refractivity contribution >= 4 is 34.2 Å². The molecule has 1 saturated heterocycles. The van der Waals surface area contributed by atoms with E-state index in [1.54, 1.807) is 0 Å². The number of anilines is 1. The number of carbonyl (C=O) groups is 1. The topological polar surface area (TPSA) is 61.0 Å². The number of aromatic amines is 1. The maximum Gasteiger partial charge on any atom is 0.238 e. The van der Waals surface area contributed by atoms with Crippen LogP contribution in [0.1, 0.15) is 30.3 Å². The summed E-state index contributed by atoms with van der Waals surface area (Å²) in [6, 6.07) is 13.6. The Morgan fingerprint density at radius 3 is 3.04 bits per heavy atom. The van der Waals surface area contributed by atoms with Crippen molar-refractivity contribution in [1.82, 2.24) is 14.9 Å². The van der Waals surface area contributed by atoms with Crippen LogP contribution >= 0.6 is 11.6 Å². The van der Waals surface area contributed by atoms with Crippen molar-refractivity contribution in [3.05, 3.63) is 58.9 Å². The first-order chi connectivity index (χ1) is 12.6. The van der Waals surface area contributed by atoms with Gasteiger partial charge < -0.3 is 10.3 Å². The number of fused-ring (bicyclic) bond motifs is 1. The number of amides is 1. The summed E-state index contributed by atoms with van der Waals surface area (Å²) < 4.78 is 0. The van der Waals surface area contributed by atoms with Crippen LogP contribution in [0.2, 0.25) is 5.02 Å². The van der Waals surface area contributed by atoms with Crippen LogP contribution in [0.3, 0.4) is 0 Å². The monoisotopic (exact) mass is 368 g/mol. The van der Waals surface area contributed by atoms with Crippen LogP contribution in [0, 0.1) is 6.92 Å². The van der Waals surface area contributed by atoms with Crippen molar-refractivity contribution in [3.8, 4) is 0 Å². The average molecular weight is 369 g/mol. The SMILES string of the molecule is Cc1ccccc1NC(=O)CN1CCC[C@H]1c1nc2ccc(Cl)cc2[nH]1. The Kier molecular flexibility index (Phi) is 4.66. The molecule has 2 heterocycles. The fourth-order valence-electron chi connectivity index (χ4n) is 3.57. The summed E-state index contributed by atoms with van der Waals surface area (Å²) in [5.74, 6) is 0.911. The number of H-pyrrole nitrogens is 1. The van der Waals surface area contributed by atoms with Gasteiger partial charge in [-0.25, -0.2) is 4.98 Å². The van der Waals surface area contributed by atoms with E-state index in [0.717, 1.165) is 47.5 Å². The first-order valence-corrected chi connectivity index (χ1v) is 9.22. The number of para-hydroxylation sites is 1. The lowest BCUT2D eigenvalue weighted by Crippen LogP contribution is -2.33. The van der Waals surface area contributed by atoms with E-state index in [9.17, 15) is 4.79 Å². The molecule has 3 aromatic rings. The van der Waals surface area contributed by atoms with Gasteiger partial charge >= 0.3 is 0 Å². The van der Waals surface area contributed by atoms with Crippen molar-refractivity contribution in [3.63, 3.8) is 0 Å². The number of hydrogen-bond acceptors (Lipinski definition) is 3. The second-order valence-corrected chi connectivity index (χ2v) is 7.21. The van der Waals surface area contributed by atoms with E-state index in [2.05, 4.69) is 15.2 Å². The van der Waals surface area contributed by atoms with Gasteiger partial charge in [0.05, 0.1) is 23.6 Å². The highest BCUT2D eigenvalue weighted by molar-refractivity contribution is 6.31. The van der Waals surface area contributed by atoms with E-state index in [1.807, 2.05) is 49.4 Å². The fourth-order valence-corrected chi connectivity index (χ4v) is 3.74. The number of benzene rings is 2. The Labute approximate surface area is 157 Å². The maximum atomic E-state index is 12.5. The smallest absolute Gasteiger partial charge is 0.238 e. The van der Waals surface area contributed by atoms with E-state index in [1.165, 1.54) is 0 Å². The minimum Gasteiger partial charge on any atom is -0.341 e. The molecule has 0 bridgehead atoms. The molecule has 2 N–H and O–H groups in total. The van der Waals surface area contributed by atoms with Gasteiger partial charge in [-0.3, -0.25) is 9.69 Å². The zero-order valence-corrected chi connectivity index (χ0v) is 15.4. The zero-order chi connectivity index (χ0) is 18.1. The summed E-state index contributed by atoms with van der Waals surface area (Å²) >= 11 is 6.06. The van der Waals surface area contributed by atoms with Gasteiger partial charge in [0, 0.05) is 10.7 Å². The second-order valence-electron chi connectivity index (χ2n) is 6.78. The molecule has 5 nitrogen and oxygen atoms in total. The molecule has 0 aliphatic carbocycles. The average Bonchev–Trinajstić information content (AvgIpc) is 3.22. The highest BCUT2D eigenvalue weighted by atomic mass is 35.5. The van der Waals surface area contributed by atoms with Crippen LogP contribution in [-0.2, 0) is 4.79 Å². The standard InChI is InChI=1S/C20H21ClN4O/c1-13-5-2-3-6-15(13)22-19(26)12-25-10-4-7-18(25)20-23-16-9-8-14(21)11-17(16)24-20/h2-3,5-6,8-9,11,18H,4,7,10,12H2,1H3,(H,22,26)(H,23,24)/t18-/m0/s1. The van der Waals surface area contributed by atoms with Gasteiger partial charge in [-0.1, -0.05) is 29.8 Å². The molecule has 1 aromatic heterocycles. The van der Waals surface area contributed by atoms with E-state index < -0.39 is 0 Å². The normalized spacial score (nSPS) is 17.7. The minimum absolute atomic E-state index is 0.00496. The molecule has 2 aromatic carbocycles. The van der Waals surface area contributed by atoms with Crippen LogP contribution in [0.15, 0.2) is 42.5 Å². The molecule has 1 aliphatic rings. The predicted octanol–water partition coefficient (Wildman–Crippen LogP) is 4.30. The molecular weight excluding hydrogens is 348 g/mol. The van der Waals surface area contributed by atoms with Gasteiger partial charge in [-0.2, -0.15) is 0 Å². The largest absolute Gasteiger partial charge is 0.341 e. The van der Waals surface area contributed by atoms with E-state index in [4.69, 9.17) is 16.6 Å². The lowest BCUT2D eigenvalue weighted by atomic mass is 10.2. The molecule has 1 atom stereocenters. The van der Waals surface area contributed by atoms with Gasteiger partial charge in [0.25, 0.3) is 0 Å². The van der Waals surface area contributed by atoms with Gasteiger partial charge in [0.1, 0.15) is 5.82 Å². The highest BCUT2D eigenvalue weighted by Crippen LogP contribution is 2.31. The number of aryl methyl sites for hydroxylation is 1. The number of imidazole rings is 1. The third-order valence-corrected chi connectivity index (χ3v) is 5.14. The number of aromatic nitrogens is 2. The Hall–Kier alpha value is -2.37. The van der Waals surface area contributed by atoms with Crippen molar-refractivity contribution < 1.29 is 4.79 Å². The molecule has 0 unspecified atom stereocenters. The number of rotatable bonds is 4. The van der Waals surface area contributed by atoms with Gasteiger partial charge in [0.15, 0.2) is 0 Å². The van der Waals surface area contributed by atoms with Gasteiger partial charge in [-0.15, -0.1) is 0 Å². The summed E-state index contributed by atoms with van der Waals surface area (Å²) in [5, 5.41) is 3.70. The third-order valence-electron chi connectivity index (χ3n) is 4.91. The molecule has 1 amide bonds. The number of halogens is 1. The minimum atomic E-state index is 0.00496.